The number of nitrogens with zero attached hydrogens (tertiary/aromatic N) is 4. The largest absolute Gasteiger partial charge is 0.493 e. The molecule has 0 saturated carbocycles. The van der Waals surface area contributed by atoms with E-state index in [0.717, 1.165) is 57.9 Å². The number of hydrogen-bond acceptors (Lipinski definition) is 9. The monoisotopic (exact) mass is 788 g/mol. The van der Waals surface area contributed by atoms with Crippen molar-refractivity contribution in [3.8, 4) is 17.2 Å². The first-order valence-electron chi connectivity index (χ1n) is 14.5. The van der Waals surface area contributed by atoms with Gasteiger partial charge >= 0.3 is 5.69 Å². The normalized spacial score (nSPS) is 15.2. The van der Waals surface area contributed by atoms with E-state index in [-0.39, 0.29) is 28.8 Å². The summed E-state index contributed by atoms with van der Waals surface area (Å²) in [6.07, 6.45) is 3.37. The van der Waals surface area contributed by atoms with Gasteiger partial charge in [0, 0.05) is 16.1 Å². The molecule has 1 aliphatic heterocycles. The molecule has 0 amide bonds. The number of aryl methyl sites for hydroxylation is 1. The fourth-order valence-electron chi connectivity index (χ4n) is 6.00. The number of halogens is 2. The quantitative estimate of drug-likeness (QED) is 0.123. The third-order valence-electron chi connectivity index (χ3n) is 8.17. The Morgan fingerprint density at radius 1 is 0.958 bits per heavy atom. The zero-order chi connectivity index (χ0) is 33.7. The number of thiazole rings is 1. The number of ether oxygens (including phenoxy) is 2. The zero-order valence-electron chi connectivity index (χ0n) is 24.9. The van der Waals surface area contributed by atoms with Crippen LogP contribution in [0, 0.1) is 20.2 Å². The molecule has 4 aromatic carbocycles. The van der Waals surface area contributed by atoms with Crippen LogP contribution in [-0.4, -0.2) is 21.5 Å². The van der Waals surface area contributed by atoms with Gasteiger partial charge in [0.25, 0.3) is 11.2 Å². The van der Waals surface area contributed by atoms with Gasteiger partial charge in [-0.2, -0.15) is 0 Å². The lowest BCUT2D eigenvalue weighted by molar-refractivity contribution is -0.394. The van der Waals surface area contributed by atoms with Gasteiger partial charge in [0.05, 0.1) is 43.8 Å². The first-order chi connectivity index (χ1) is 23.1. The van der Waals surface area contributed by atoms with E-state index >= 15 is 0 Å². The summed E-state index contributed by atoms with van der Waals surface area (Å²) in [7, 11) is 1.41. The fourth-order valence-corrected chi connectivity index (χ4v) is 7.81. The van der Waals surface area contributed by atoms with Crippen molar-refractivity contribution in [2.24, 2.45) is 4.99 Å². The van der Waals surface area contributed by atoms with Gasteiger partial charge in [0.15, 0.2) is 16.3 Å². The number of methoxy groups -OCH3 is 1. The highest BCUT2D eigenvalue weighted by molar-refractivity contribution is 9.10. The number of nitro benzene ring substituents is 2. The zero-order valence-corrected chi connectivity index (χ0v) is 28.9. The molecule has 7 rings (SSSR count). The second-order valence-corrected chi connectivity index (χ2v) is 13.7. The van der Waals surface area contributed by atoms with Crippen LogP contribution < -0.4 is 24.4 Å². The van der Waals surface area contributed by atoms with Crippen LogP contribution in [0.25, 0.3) is 11.8 Å². The molecule has 2 heterocycles. The van der Waals surface area contributed by atoms with Gasteiger partial charge in [-0.3, -0.25) is 29.6 Å². The maximum atomic E-state index is 14.2. The summed E-state index contributed by atoms with van der Waals surface area (Å²) in [5.74, 6) is 0.134. The van der Waals surface area contributed by atoms with Crippen molar-refractivity contribution in [2.75, 3.05) is 7.11 Å². The standard InChI is InChI=1S/C34H22Br2N4O7S/c1-46-28-15-18(14-25(36)32(28)47-27-13-11-22(39(42)43)17-26(27)40(44)45)16-29-33(41)38-31(20-6-9-21(35)10-7-20)24-12-8-19-4-2-3-5-23(19)30(24)37-34(38)48-29/h2-7,9-11,13-17,31H,8,12H2,1H3/b29-16+/t31-/m0/s1. The Kier molecular flexibility index (Phi) is 8.31. The molecule has 0 saturated heterocycles. The highest BCUT2D eigenvalue weighted by Crippen LogP contribution is 2.44. The Bertz CT molecular complexity index is 2390. The summed E-state index contributed by atoms with van der Waals surface area (Å²) in [6.45, 7) is 0. The van der Waals surface area contributed by atoms with Crippen LogP contribution in [-0.2, 0) is 6.42 Å². The van der Waals surface area contributed by atoms with Crippen molar-refractivity contribution in [1.29, 1.82) is 0 Å². The molecule has 48 heavy (non-hydrogen) atoms. The van der Waals surface area contributed by atoms with Crippen LogP contribution >= 0.6 is 43.2 Å². The van der Waals surface area contributed by atoms with E-state index < -0.39 is 21.2 Å². The molecule has 1 atom stereocenters. The minimum Gasteiger partial charge on any atom is -0.493 e. The smallest absolute Gasteiger partial charge is 0.318 e. The summed E-state index contributed by atoms with van der Waals surface area (Å²) < 4.78 is 15.0. The SMILES string of the molecule is COc1cc(/C=c2/sc3n(c2=O)[C@@H](c2ccc(Br)cc2)C2=C(N=3)c3ccccc3CC2)cc(Br)c1Oc1ccc([N+](=O)[O-])cc1[N+](=O)[O-]. The molecule has 0 spiro atoms. The van der Waals surface area contributed by atoms with E-state index in [4.69, 9.17) is 14.5 Å². The molecule has 1 aromatic heterocycles. The molecule has 0 unspecified atom stereocenters. The first-order valence-corrected chi connectivity index (χ1v) is 16.9. The topological polar surface area (TPSA) is 139 Å². The van der Waals surface area contributed by atoms with Gasteiger partial charge in [-0.05, 0) is 87.4 Å². The molecule has 0 bridgehead atoms. The van der Waals surface area contributed by atoms with Crippen LogP contribution in [0.4, 0.5) is 11.4 Å². The molecular formula is C34H22Br2N4O7S. The minimum atomic E-state index is -0.755. The van der Waals surface area contributed by atoms with Gasteiger partial charge in [-0.1, -0.05) is 63.7 Å². The van der Waals surface area contributed by atoms with Crippen LogP contribution in [0.15, 0.2) is 103 Å². The molecule has 5 aromatic rings. The van der Waals surface area contributed by atoms with Gasteiger partial charge in [-0.25, -0.2) is 4.99 Å². The average molecular weight is 790 g/mol. The number of hydrogen-bond donors (Lipinski definition) is 0. The molecule has 0 radical (unpaired) electrons. The predicted molar refractivity (Wildman–Crippen MR) is 187 cm³/mol. The van der Waals surface area contributed by atoms with Crippen LogP contribution in [0.5, 0.6) is 17.2 Å². The minimum absolute atomic E-state index is 0.120. The van der Waals surface area contributed by atoms with E-state index in [9.17, 15) is 25.0 Å². The van der Waals surface area contributed by atoms with E-state index in [2.05, 4.69) is 44.0 Å². The number of nitro groups is 2. The van der Waals surface area contributed by atoms with Crippen molar-refractivity contribution in [3.05, 3.63) is 156 Å². The maximum absolute atomic E-state index is 14.2. The highest BCUT2D eigenvalue weighted by atomic mass is 79.9. The van der Waals surface area contributed by atoms with Crippen molar-refractivity contribution < 1.29 is 19.3 Å². The molecule has 2 aliphatic rings. The number of aromatic nitrogens is 1. The Morgan fingerprint density at radius 2 is 1.73 bits per heavy atom. The van der Waals surface area contributed by atoms with E-state index in [1.165, 1.54) is 24.0 Å². The molecule has 0 N–H and O–H groups in total. The number of fused-ring (bicyclic) bond motifs is 3. The number of rotatable bonds is 7. The van der Waals surface area contributed by atoms with Crippen molar-refractivity contribution in [3.63, 3.8) is 0 Å². The lowest BCUT2D eigenvalue weighted by Gasteiger charge is -2.30. The number of non-ortho nitro benzene ring substituents is 1. The van der Waals surface area contributed by atoms with E-state index in [0.29, 0.717) is 19.4 Å². The average Bonchev–Trinajstić information content (AvgIpc) is 3.38. The molecule has 1 aliphatic carbocycles. The predicted octanol–water partition coefficient (Wildman–Crippen LogP) is 7.46. The highest BCUT2D eigenvalue weighted by Gasteiger charge is 2.32. The van der Waals surface area contributed by atoms with Crippen molar-refractivity contribution in [2.45, 2.75) is 18.9 Å². The molecule has 14 heteroatoms. The molecule has 11 nitrogen and oxygen atoms in total. The first kappa shape index (κ1) is 31.7. The summed E-state index contributed by atoms with van der Waals surface area (Å²) in [6, 6.07) is 22.4. The Hall–Kier alpha value is -4.92. The van der Waals surface area contributed by atoms with E-state index in [1.807, 2.05) is 36.4 Å². The third-order valence-corrected chi connectivity index (χ3v) is 10.3. The molecular weight excluding hydrogens is 768 g/mol. The Balaban J connectivity index is 1.34. The van der Waals surface area contributed by atoms with Crippen LogP contribution in [0.1, 0.15) is 34.7 Å². The number of benzene rings is 4. The number of allylic oxidation sites excluding steroid dienone is 1. The van der Waals surface area contributed by atoms with Gasteiger partial charge in [0.2, 0.25) is 5.75 Å². The summed E-state index contributed by atoms with van der Waals surface area (Å²) in [5, 5.41) is 22.9. The van der Waals surface area contributed by atoms with Gasteiger partial charge < -0.3 is 9.47 Å². The third kappa shape index (κ3) is 5.65. The van der Waals surface area contributed by atoms with Gasteiger partial charge in [0.1, 0.15) is 0 Å². The van der Waals surface area contributed by atoms with E-state index in [1.54, 1.807) is 22.8 Å². The second kappa shape index (κ2) is 12.6. The Morgan fingerprint density at radius 3 is 2.46 bits per heavy atom. The Labute approximate surface area is 292 Å². The summed E-state index contributed by atoms with van der Waals surface area (Å²) in [4.78, 5) is 41.2. The van der Waals surface area contributed by atoms with Crippen molar-refractivity contribution >= 4 is 66.3 Å². The lowest BCUT2D eigenvalue weighted by Crippen LogP contribution is -2.38. The lowest BCUT2D eigenvalue weighted by atomic mass is 9.83. The van der Waals surface area contributed by atoms with Crippen molar-refractivity contribution in [1.82, 2.24) is 4.57 Å². The summed E-state index contributed by atoms with van der Waals surface area (Å²) in [5.41, 5.74) is 4.70. The maximum Gasteiger partial charge on any atom is 0.318 e. The fraction of sp³-hybridized carbons (Fsp3) is 0.118. The summed E-state index contributed by atoms with van der Waals surface area (Å²) >= 11 is 8.29. The molecule has 240 valence electrons. The molecule has 0 fully saturated rings. The van der Waals surface area contributed by atoms with Crippen LogP contribution in [0.3, 0.4) is 0 Å². The van der Waals surface area contributed by atoms with Crippen LogP contribution in [0.2, 0.25) is 0 Å². The van der Waals surface area contributed by atoms with Gasteiger partial charge in [-0.15, -0.1) is 0 Å². The second-order valence-electron chi connectivity index (χ2n) is 11.0.